The summed E-state index contributed by atoms with van der Waals surface area (Å²) in [5.74, 6) is -1.50. The zero-order valence-electron chi connectivity index (χ0n) is 12.3. The molecule has 7 heteroatoms. The van der Waals surface area contributed by atoms with Crippen molar-refractivity contribution in [2.24, 2.45) is 0 Å². The Labute approximate surface area is 122 Å². The molecule has 1 aromatic rings. The van der Waals surface area contributed by atoms with E-state index < -0.39 is 22.2 Å². The first-order valence-corrected chi connectivity index (χ1v) is 6.62. The van der Waals surface area contributed by atoms with Crippen LogP contribution in [0.5, 0.6) is 0 Å². The number of nitro groups is 1. The van der Waals surface area contributed by atoms with Gasteiger partial charge in [0.25, 0.3) is 11.6 Å². The minimum atomic E-state index is -0.777. The Bertz CT molecular complexity index is 562. The Morgan fingerprint density at radius 3 is 2.62 bits per heavy atom. The average Bonchev–Trinajstić information content (AvgIpc) is 2.41. The predicted molar refractivity (Wildman–Crippen MR) is 75.7 cm³/mol. The van der Waals surface area contributed by atoms with Gasteiger partial charge in [-0.1, -0.05) is 6.92 Å². The Balaban J connectivity index is 3.15. The Morgan fingerprint density at radius 2 is 2.14 bits per heavy atom. The number of aliphatic hydroxyl groups excluding tert-OH is 1. The number of nitro benzene ring substituents is 1. The SMILES string of the molecule is CCC(C)(CCO)NC(=O)c1cc([N+](=O)[O-])cc(C)c1F. The Hall–Kier alpha value is -2.02. The largest absolute Gasteiger partial charge is 0.396 e. The molecule has 0 aromatic heterocycles. The molecule has 1 unspecified atom stereocenters. The standard InChI is InChI=1S/C14H19FN2O4/c1-4-14(3,5-6-18)16-13(19)11-8-10(17(20)21)7-9(2)12(11)15/h7-8,18H,4-6H2,1-3H3,(H,16,19). The number of nitrogens with zero attached hydrogens (tertiary/aromatic N) is 1. The molecule has 0 spiro atoms. The Kier molecular flexibility index (Phi) is 5.37. The fraction of sp³-hybridized carbons (Fsp3) is 0.500. The molecule has 0 saturated heterocycles. The van der Waals surface area contributed by atoms with Crippen LogP contribution >= 0.6 is 0 Å². The lowest BCUT2D eigenvalue weighted by molar-refractivity contribution is -0.385. The second kappa shape index (κ2) is 6.62. The summed E-state index contributed by atoms with van der Waals surface area (Å²) in [6.45, 7) is 4.79. The maximum atomic E-state index is 14.0. The van der Waals surface area contributed by atoms with Crippen LogP contribution < -0.4 is 5.32 Å². The van der Waals surface area contributed by atoms with Crippen LogP contribution in [-0.2, 0) is 0 Å². The molecule has 2 N–H and O–H groups in total. The Morgan fingerprint density at radius 1 is 1.52 bits per heavy atom. The summed E-state index contributed by atoms with van der Waals surface area (Å²) in [6, 6.07) is 2.01. The molecule has 1 amide bonds. The summed E-state index contributed by atoms with van der Waals surface area (Å²) >= 11 is 0. The number of halogens is 1. The van der Waals surface area contributed by atoms with E-state index in [0.29, 0.717) is 12.8 Å². The average molecular weight is 298 g/mol. The fourth-order valence-corrected chi connectivity index (χ4v) is 1.94. The molecule has 0 saturated carbocycles. The van der Waals surface area contributed by atoms with E-state index in [2.05, 4.69) is 5.32 Å². The lowest BCUT2D eigenvalue weighted by atomic mass is 9.94. The summed E-state index contributed by atoms with van der Waals surface area (Å²) < 4.78 is 14.0. The topological polar surface area (TPSA) is 92.5 Å². The zero-order chi connectivity index (χ0) is 16.2. The van der Waals surface area contributed by atoms with E-state index in [9.17, 15) is 19.3 Å². The highest BCUT2D eigenvalue weighted by Crippen LogP contribution is 2.22. The van der Waals surface area contributed by atoms with Crippen molar-refractivity contribution >= 4 is 11.6 Å². The van der Waals surface area contributed by atoms with Crippen molar-refractivity contribution in [2.75, 3.05) is 6.61 Å². The third-order valence-corrected chi connectivity index (χ3v) is 3.55. The highest BCUT2D eigenvalue weighted by atomic mass is 19.1. The van der Waals surface area contributed by atoms with Gasteiger partial charge in [0.1, 0.15) is 5.82 Å². The van der Waals surface area contributed by atoms with Gasteiger partial charge in [-0.25, -0.2) is 4.39 Å². The van der Waals surface area contributed by atoms with E-state index in [1.165, 1.54) is 6.92 Å². The molecule has 0 fully saturated rings. The molecule has 116 valence electrons. The van der Waals surface area contributed by atoms with E-state index >= 15 is 0 Å². The van der Waals surface area contributed by atoms with Crippen molar-refractivity contribution < 1.29 is 19.2 Å². The number of hydrogen-bond donors (Lipinski definition) is 2. The van der Waals surface area contributed by atoms with Crippen molar-refractivity contribution in [3.8, 4) is 0 Å². The number of amides is 1. The molecule has 0 aliphatic heterocycles. The normalized spacial score (nSPS) is 13.6. The van der Waals surface area contributed by atoms with Gasteiger partial charge in [0.15, 0.2) is 0 Å². The molecule has 0 bridgehead atoms. The zero-order valence-corrected chi connectivity index (χ0v) is 12.3. The van der Waals surface area contributed by atoms with E-state index in [0.717, 1.165) is 12.1 Å². The molecule has 0 radical (unpaired) electrons. The molecule has 1 aromatic carbocycles. The summed E-state index contributed by atoms with van der Waals surface area (Å²) in [6.07, 6.45) is 0.847. The number of non-ortho nitro benzene ring substituents is 1. The van der Waals surface area contributed by atoms with E-state index in [4.69, 9.17) is 5.11 Å². The van der Waals surface area contributed by atoms with Crippen LogP contribution in [0.2, 0.25) is 0 Å². The first kappa shape index (κ1) is 17.0. The molecule has 1 rings (SSSR count). The molecule has 0 aliphatic carbocycles. The van der Waals surface area contributed by atoms with Gasteiger partial charge >= 0.3 is 0 Å². The minimum Gasteiger partial charge on any atom is -0.396 e. The van der Waals surface area contributed by atoms with Crippen LogP contribution in [-0.4, -0.2) is 28.1 Å². The molecule has 6 nitrogen and oxygen atoms in total. The second-order valence-corrected chi connectivity index (χ2v) is 5.22. The van der Waals surface area contributed by atoms with Crippen molar-refractivity contribution in [3.63, 3.8) is 0 Å². The van der Waals surface area contributed by atoms with Crippen molar-refractivity contribution in [1.82, 2.24) is 5.32 Å². The molecule has 0 heterocycles. The van der Waals surface area contributed by atoms with Crippen LogP contribution in [0.1, 0.15) is 42.6 Å². The van der Waals surface area contributed by atoms with Gasteiger partial charge in [0, 0.05) is 24.3 Å². The van der Waals surface area contributed by atoms with Gasteiger partial charge in [-0.2, -0.15) is 0 Å². The maximum absolute atomic E-state index is 14.0. The number of hydrogen-bond acceptors (Lipinski definition) is 4. The lowest BCUT2D eigenvalue weighted by Gasteiger charge is -2.29. The van der Waals surface area contributed by atoms with Crippen LogP contribution in [0.3, 0.4) is 0 Å². The number of carbonyl (C=O) groups is 1. The predicted octanol–water partition coefficient (Wildman–Crippen LogP) is 2.32. The highest BCUT2D eigenvalue weighted by Gasteiger charge is 2.27. The number of nitrogens with one attached hydrogen (secondary N) is 1. The third-order valence-electron chi connectivity index (χ3n) is 3.55. The van der Waals surface area contributed by atoms with Gasteiger partial charge in [0.05, 0.1) is 10.5 Å². The summed E-state index contributed by atoms with van der Waals surface area (Å²) in [7, 11) is 0. The van der Waals surface area contributed by atoms with Crippen LogP contribution in [0.15, 0.2) is 12.1 Å². The second-order valence-electron chi connectivity index (χ2n) is 5.22. The minimum absolute atomic E-state index is 0.0368. The van der Waals surface area contributed by atoms with Gasteiger partial charge in [-0.15, -0.1) is 0 Å². The summed E-state index contributed by atoms with van der Waals surface area (Å²) in [5, 5.41) is 22.5. The van der Waals surface area contributed by atoms with Crippen LogP contribution in [0.4, 0.5) is 10.1 Å². The fourth-order valence-electron chi connectivity index (χ4n) is 1.94. The van der Waals surface area contributed by atoms with E-state index in [1.807, 2.05) is 6.92 Å². The van der Waals surface area contributed by atoms with Gasteiger partial charge in [-0.3, -0.25) is 14.9 Å². The molecule has 0 aliphatic rings. The first-order valence-electron chi connectivity index (χ1n) is 6.62. The third kappa shape index (κ3) is 3.98. The monoisotopic (exact) mass is 298 g/mol. The van der Waals surface area contributed by atoms with Crippen molar-refractivity contribution in [1.29, 1.82) is 0 Å². The van der Waals surface area contributed by atoms with Gasteiger partial charge < -0.3 is 10.4 Å². The number of benzene rings is 1. The van der Waals surface area contributed by atoms with Crippen LogP contribution in [0.25, 0.3) is 0 Å². The van der Waals surface area contributed by atoms with Gasteiger partial charge in [-0.05, 0) is 32.3 Å². The van der Waals surface area contributed by atoms with E-state index in [1.54, 1.807) is 6.92 Å². The number of aliphatic hydroxyl groups is 1. The highest BCUT2D eigenvalue weighted by molar-refractivity contribution is 5.95. The number of carbonyl (C=O) groups excluding carboxylic acids is 1. The molecular formula is C14H19FN2O4. The molecular weight excluding hydrogens is 279 g/mol. The van der Waals surface area contributed by atoms with E-state index in [-0.39, 0.29) is 23.4 Å². The summed E-state index contributed by atoms with van der Waals surface area (Å²) in [5.41, 5.74) is -1.36. The molecule has 21 heavy (non-hydrogen) atoms. The number of rotatable bonds is 6. The number of aryl methyl sites for hydroxylation is 1. The molecule has 1 atom stereocenters. The van der Waals surface area contributed by atoms with Crippen molar-refractivity contribution in [2.45, 2.75) is 39.2 Å². The maximum Gasteiger partial charge on any atom is 0.270 e. The smallest absolute Gasteiger partial charge is 0.270 e. The quantitative estimate of drug-likeness (QED) is 0.622. The van der Waals surface area contributed by atoms with Gasteiger partial charge in [0.2, 0.25) is 0 Å². The van der Waals surface area contributed by atoms with Crippen LogP contribution in [0, 0.1) is 22.9 Å². The summed E-state index contributed by atoms with van der Waals surface area (Å²) in [4.78, 5) is 22.3. The first-order chi connectivity index (χ1) is 9.74. The lowest BCUT2D eigenvalue weighted by Crippen LogP contribution is -2.46. The van der Waals surface area contributed by atoms with Crippen molar-refractivity contribution in [3.05, 3.63) is 39.2 Å².